The first kappa shape index (κ1) is 17.0. The Morgan fingerprint density at radius 3 is 2.22 bits per heavy atom. The minimum Gasteiger partial charge on any atom is -0.321 e. The van der Waals surface area contributed by atoms with Crippen molar-refractivity contribution in [3.63, 3.8) is 0 Å². The van der Waals surface area contributed by atoms with Gasteiger partial charge in [0.2, 0.25) is 0 Å². The molecule has 100 valence electrons. The van der Waals surface area contributed by atoms with E-state index in [1.807, 2.05) is 6.92 Å². The van der Waals surface area contributed by atoms with Crippen LogP contribution in [0, 0.1) is 0 Å². The van der Waals surface area contributed by atoms with Crippen molar-refractivity contribution in [3.05, 3.63) is 42.7 Å². The summed E-state index contributed by atoms with van der Waals surface area (Å²) in [5.41, 5.74) is 0. The second kappa shape index (κ2) is 8.97. The summed E-state index contributed by atoms with van der Waals surface area (Å²) < 4.78 is 24.4. The zero-order valence-electron chi connectivity index (χ0n) is 9.71. The highest BCUT2D eigenvalue weighted by atomic mass is 31.2. The Morgan fingerprint density at radius 2 is 1.89 bits per heavy atom. The topological polar surface area (TPSA) is 104 Å². The van der Waals surface area contributed by atoms with Crippen molar-refractivity contribution < 1.29 is 28.3 Å². The fraction of sp³-hybridized carbons (Fsp3) is 0.200. The molecule has 0 radical (unpaired) electrons. The molecule has 3 N–H and O–H groups in total. The van der Waals surface area contributed by atoms with Crippen LogP contribution in [0.3, 0.4) is 0 Å². The van der Waals surface area contributed by atoms with Gasteiger partial charge in [0.15, 0.2) is 0 Å². The molecule has 18 heavy (non-hydrogen) atoms. The first-order valence-electron chi connectivity index (χ1n) is 4.97. The molecule has 0 heterocycles. The lowest BCUT2D eigenvalue weighted by molar-refractivity contribution is 0.377. The highest BCUT2D eigenvalue weighted by molar-refractivity contribution is 7.60. The molecular formula is C10H15O6P2+. The number of allylic oxidation sites excluding steroid dienone is 1. The molecule has 1 rings (SSSR count). The Bertz CT molecular complexity index is 425. The van der Waals surface area contributed by atoms with Crippen LogP contribution >= 0.6 is 15.9 Å². The van der Waals surface area contributed by atoms with Crippen molar-refractivity contribution in [1.29, 1.82) is 0 Å². The van der Waals surface area contributed by atoms with E-state index in [1.165, 1.54) is 18.4 Å². The Balaban J connectivity index is 0.000000331. The van der Waals surface area contributed by atoms with Crippen LogP contribution in [0.2, 0.25) is 0 Å². The van der Waals surface area contributed by atoms with E-state index in [-0.39, 0.29) is 5.30 Å². The molecule has 0 saturated carbocycles. The summed E-state index contributed by atoms with van der Waals surface area (Å²) in [7, 11) is -6.47. The second-order valence-electron chi connectivity index (χ2n) is 3.00. The number of hydrogen-bond acceptors (Lipinski definition) is 3. The van der Waals surface area contributed by atoms with Crippen LogP contribution in [-0.2, 0) is 13.7 Å². The highest BCUT2D eigenvalue weighted by Crippen LogP contribution is 2.32. The fourth-order valence-electron chi connectivity index (χ4n) is 0.814. The van der Waals surface area contributed by atoms with Crippen molar-refractivity contribution in [2.24, 2.45) is 0 Å². The molecule has 0 fully saturated rings. The predicted molar refractivity (Wildman–Crippen MR) is 68.5 cm³/mol. The minimum atomic E-state index is -4.02. The number of rotatable bonds is 4. The summed E-state index contributed by atoms with van der Waals surface area (Å²) in [6.45, 7) is 1.91. The summed E-state index contributed by atoms with van der Waals surface area (Å²) in [6.07, 6.45) is 3.69. The lowest BCUT2D eigenvalue weighted by atomic mass is 10.4. The molecule has 0 saturated heterocycles. The van der Waals surface area contributed by atoms with Crippen LogP contribution in [0.5, 0.6) is 0 Å². The van der Waals surface area contributed by atoms with Gasteiger partial charge in [-0.15, -0.1) is 4.89 Å². The third kappa shape index (κ3) is 9.05. The van der Waals surface area contributed by atoms with Gasteiger partial charge in [0.05, 0.1) is 5.30 Å². The standard InChI is InChI=1S/C6H7O3P.C4H7O3P/c7-10(8,9)6-4-2-1-3-5-6;1-2-3-4-7-8(5)6/h1-5H,(H2,7,8,9);3-4H,2H2,1H3/p+1. The van der Waals surface area contributed by atoms with Gasteiger partial charge in [0, 0.05) is 4.57 Å². The average Bonchev–Trinajstić information content (AvgIpc) is 2.30. The van der Waals surface area contributed by atoms with Crippen molar-refractivity contribution >= 4 is 21.2 Å². The summed E-state index contributed by atoms with van der Waals surface area (Å²) in [5.74, 6) is 0. The molecule has 1 unspecified atom stereocenters. The molecule has 6 nitrogen and oxygen atoms in total. The van der Waals surface area contributed by atoms with E-state index in [0.717, 1.165) is 6.42 Å². The maximum Gasteiger partial charge on any atom is 0.746 e. The summed E-state index contributed by atoms with van der Waals surface area (Å²) in [4.78, 5) is 25.2. The van der Waals surface area contributed by atoms with E-state index in [4.69, 9.17) is 14.7 Å². The first-order chi connectivity index (χ1) is 8.38. The highest BCUT2D eigenvalue weighted by Gasteiger charge is 2.14. The second-order valence-corrected chi connectivity index (χ2v) is 5.29. The van der Waals surface area contributed by atoms with Crippen LogP contribution in [0.25, 0.3) is 0 Å². The van der Waals surface area contributed by atoms with Crippen molar-refractivity contribution in [3.8, 4) is 0 Å². The Kier molecular flexibility index (Phi) is 8.46. The van der Waals surface area contributed by atoms with Crippen LogP contribution in [0.1, 0.15) is 13.3 Å². The maximum absolute atomic E-state index is 10.5. The third-order valence-electron chi connectivity index (χ3n) is 1.58. The quantitative estimate of drug-likeness (QED) is 0.580. The molecule has 0 spiro atoms. The molecule has 0 aliphatic rings. The predicted octanol–water partition coefficient (Wildman–Crippen LogP) is 2.07. The lowest BCUT2D eigenvalue weighted by Gasteiger charge is -2.00. The van der Waals surface area contributed by atoms with Gasteiger partial charge in [-0.3, -0.25) is 4.57 Å². The van der Waals surface area contributed by atoms with Crippen LogP contribution in [-0.4, -0.2) is 14.7 Å². The molecule has 0 aliphatic heterocycles. The van der Waals surface area contributed by atoms with Gasteiger partial charge in [-0.1, -0.05) is 25.1 Å². The lowest BCUT2D eigenvalue weighted by Crippen LogP contribution is -2.01. The molecule has 0 aromatic heterocycles. The van der Waals surface area contributed by atoms with E-state index < -0.39 is 15.9 Å². The third-order valence-corrected chi connectivity index (χ3v) is 2.85. The van der Waals surface area contributed by atoms with Crippen LogP contribution < -0.4 is 5.30 Å². The molecule has 1 aromatic carbocycles. The fourth-order valence-corrected chi connectivity index (χ4v) is 1.56. The van der Waals surface area contributed by atoms with E-state index >= 15 is 0 Å². The molecular weight excluding hydrogens is 278 g/mol. The van der Waals surface area contributed by atoms with Crippen LogP contribution in [0.4, 0.5) is 0 Å². The van der Waals surface area contributed by atoms with Crippen LogP contribution in [0.15, 0.2) is 42.7 Å². The van der Waals surface area contributed by atoms with E-state index in [0.29, 0.717) is 0 Å². The van der Waals surface area contributed by atoms with Crippen molar-refractivity contribution in [2.45, 2.75) is 13.3 Å². The van der Waals surface area contributed by atoms with Gasteiger partial charge >= 0.3 is 15.9 Å². The first-order valence-corrected chi connectivity index (χ1v) is 7.71. The van der Waals surface area contributed by atoms with Gasteiger partial charge in [0.1, 0.15) is 6.26 Å². The van der Waals surface area contributed by atoms with Crippen molar-refractivity contribution in [1.82, 2.24) is 0 Å². The molecule has 1 aromatic rings. The summed E-state index contributed by atoms with van der Waals surface area (Å²) in [6, 6.07) is 7.70. The molecule has 1 atom stereocenters. The zero-order valence-corrected chi connectivity index (χ0v) is 11.5. The van der Waals surface area contributed by atoms with Crippen molar-refractivity contribution in [2.75, 3.05) is 0 Å². The average molecular weight is 293 g/mol. The van der Waals surface area contributed by atoms with Gasteiger partial charge in [-0.05, 0) is 24.6 Å². The number of hydrogen-bond donors (Lipinski definition) is 3. The maximum atomic E-state index is 10.5. The number of benzene rings is 1. The van der Waals surface area contributed by atoms with Gasteiger partial charge in [0.25, 0.3) is 0 Å². The molecule has 8 heteroatoms. The Labute approximate surface area is 106 Å². The molecule has 0 bridgehead atoms. The van der Waals surface area contributed by atoms with E-state index in [2.05, 4.69) is 4.52 Å². The van der Waals surface area contributed by atoms with Gasteiger partial charge in [-0.2, -0.15) is 0 Å². The Hall–Kier alpha value is -1.03. The van der Waals surface area contributed by atoms with Gasteiger partial charge < -0.3 is 9.79 Å². The molecule has 0 aliphatic carbocycles. The largest absolute Gasteiger partial charge is 0.746 e. The summed E-state index contributed by atoms with van der Waals surface area (Å²) in [5, 5.41) is 0.0648. The van der Waals surface area contributed by atoms with E-state index in [9.17, 15) is 9.13 Å². The normalized spacial score (nSPS) is 11.7. The van der Waals surface area contributed by atoms with E-state index in [1.54, 1.807) is 24.3 Å². The minimum absolute atomic E-state index is 0.0648. The monoisotopic (exact) mass is 293 g/mol. The SMILES string of the molecule is CCC=CO[P+](=O)O.O=P(O)(O)c1ccccc1. The van der Waals surface area contributed by atoms with Gasteiger partial charge in [-0.25, -0.2) is 4.52 Å². The molecule has 0 amide bonds. The zero-order chi connectivity index (χ0) is 14.0. The smallest absolute Gasteiger partial charge is 0.321 e. The Morgan fingerprint density at radius 1 is 1.33 bits per heavy atom. The summed E-state index contributed by atoms with van der Waals surface area (Å²) >= 11 is 0.